The third kappa shape index (κ3) is 4.03. The van der Waals surface area contributed by atoms with Crippen molar-refractivity contribution >= 4 is 5.91 Å². The molecule has 1 aromatic heterocycles. The molecule has 0 spiro atoms. The van der Waals surface area contributed by atoms with Crippen LogP contribution in [0.2, 0.25) is 0 Å². The fourth-order valence-electron chi connectivity index (χ4n) is 1.54. The fraction of sp³-hybridized carbons (Fsp3) is 0.500. The number of aryl methyl sites for hydroxylation is 1. The molecule has 0 saturated heterocycles. The van der Waals surface area contributed by atoms with Crippen molar-refractivity contribution in [3.05, 3.63) is 33.7 Å². The van der Waals surface area contributed by atoms with Crippen LogP contribution in [-0.4, -0.2) is 23.5 Å². The molecule has 0 aliphatic rings. The standard InChI is InChI=1S/C12H19N3O2/c1-3-4-9(13)6-15-12(17)10-7-14-8(2)5-11(10)16/h5,7,9H,3-4,6,13H2,1-2H3,(H,14,16)(H,15,17). The Balaban J connectivity index is 2.61. The quantitative estimate of drug-likeness (QED) is 0.698. The van der Waals surface area contributed by atoms with Crippen LogP contribution in [-0.2, 0) is 0 Å². The Kier molecular flexibility index (Phi) is 4.90. The van der Waals surface area contributed by atoms with Gasteiger partial charge in [-0.25, -0.2) is 0 Å². The molecule has 1 amide bonds. The van der Waals surface area contributed by atoms with E-state index in [4.69, 9.17) is 5.73 Å². The Hall–Kier alpha value is -1.62. The lowest BCUT2D eigenvalue weighted by atomic mass is 10.1. The van der Waals surface area contributed by atoms with Crippen LogP contribution in [0.15, 0.2) is 17.1 Å². The lowest BCUT2D eigenvalue weighted by molar-refractivity contribution is 0.0949. The molecule has 17 heavy (non-hydrogen) atoms. The molecule has 0 radical (unpaired) electrons. The highest BCUT2D eigenvalue weighted by Crippen LogP contribution is 1.94. The summed E-state index contributed by atoms with van der Waals surface area (Å²) >= 11 is 0. The zero-order chi connectivity index (χ0) is 12.8. The van der Waals surface area contributed by atoms with Crippen LogP contribution in [0.1, 0.15) is 35.8 Å². The third-order valence-electron chi connectivity index (χ3n) is 2.49. The van der Waals surface area contributed by atoms with Crippen LogP contribution < -0.4 is 16.5 Å². The molecular weight excluding hydrogens is 218 g/mol. The molecule has 5 heteroatoms. The molecule has 94 valence electrons. The van der Waals surface area contributed by atoms with E-state index in [1.807, 2.05) is 6.92 Å². The second kappa shape index (κ2) is 6.20. The first kappa shape index (κ1) is 13.4. The molecule has 0 aromatic carbocycles. The van der Waals surface area contributed by atoms with Gasteiger partial charge in [-0.2, -0.15) is 0 Å². The van der Waals surface area contributed by atoms with Gasteiger partial charge in [0.2, 0.25) is 0 Å². The number of rotatable bonds is 5. The highest BCUT2D eigenvalue weighted by Gasteiger charge is 2.11. The second-order valence-corrected chi connectivity index (χ2v) is 4.15. The third-order valence-corrected chi connectivity index (χ3v) is 2.49. The highest BCUT2D eigenvalue weighted by atomic mass is 16.2. The van der Waals surface area contributed by atoms with Gasteiger partial charge in [-0.3, -0.25) is 9.59 Å². The molecule has 0 aliphatic carbocycles. The topological polar surface area (TPSA) is 88.0 Å². The van der Waals surface area contributed by atoms with Gasteiger partial charge < -0.3 is 16.0 Å². The molecule has 5 nitrogen and oxygen atoms in total. The van der Waals surface area contributed by atoms with Gasteiger partial charge in [-0.1, -0.05) is 13.3 Å². The van der Waals surface area contributed by atoms with Crippen molar-refractivity contribution in [1.29, 1.82) is 0 Å². The second-order valence-electron chi connectivity index (χ2n) is 4.15. The van der Waals surface area contributed by atoms with Crippen molar-refractivity contribution in [1.82, 2.24) is 10.3 Å². The number of H-pyrrole nitrogens is 1. The number of hydrogen-bond donors (Lipinski definition) is 3. The minimum absolute atomic E-state index is 0.0616. The van der Waals surface area contributed by atoms with E-state index in [9.17, 15) is 9.59 Å². The number of hydrogen-bond acceptors (Lipinski definition) is 3. The van der Waals surface area contributed by atoms with Crippen molar-refractivity contribution in [2.24, 2.45) is 5.73 Å². The molecule has 1 aromatic rings. The van der Waals surface area contributed by atoms with Gasteiger partial charge in [0, 0.05) is 30.5 Å². The van der Waals surface area contributed by atoms with Crippen LogP contribution >= 0.6 is 0 Å². The monoisotopic (exact) mass is 237 g/mol. The number of nitrogens with one attached hydrogen (secondary N) is 2. The Morgan fingerprint density at radius 1 is 1.59 bits per heavy atom. The van der Waals surface area contributed by atoms with Crippen molar-refractivity contribution < 1.29 is 4.79 Å². The minimum Gasteiger partial charge on any atom is -0.364 e. The van der Waals surface area contributed by atoms with Crippen LogP contribution in [0, 0.1) is 6.92 Å². The van der Waals surface area contributed by atoms with Gasteiger partial charge in [0.1, 0.15) is 5.56 Å². The van der Waals surface area contributed by atoms with Gasteiger partial charge >= 0.3 is 0 Å². The van der Waals surface area contributed by atoms with E-state index in [1.165, 1.54) is 12.3 Å². The predicted octanol–water partition coefficient (Wildman–Crippen LogP) is 0.541. The molecule has 1 unspecified atom stereocenters. The Bertz CT molecular complexity index is 440. The summed E-state index contributed by atoms with van der Waals surface area (Å²) in [6.07, 6.45) is 3.25. The van der Waals surface area contributed by atoms with Crippen LogP contribution in [0.3, 0.4) is 0 Å². The zero-order valence-corrected chi connectivity index (χ0v) is 10.2. The predicted molar refractivity (Wildman–Crippen MR) is 67.0 cm³/mol. The fourth-order valence-corrected chi connectivity index (χ4v) is 1.54. The van der Waals surface area contributed by atoms with Crippen LogP contribution in [0.4, 0.5) is 0 Å². The van der Waals surface area contributed by atoms with Crippen molar-refractivity contribution in [2.45, 2.75) is 32.7 Å². The molecule has 1 atom stereocenters. The van der Waals surface area contributed by atoms with E-state index in [1.54, 1.807) is 6.92 Å². The van der Waals surface area contributed by atoms with Crippen molar-refractivity contribution in [3.8, 4) is 0 Å². The average molecular weight is 237 g/mol. The maximum atomic E-state index is 11.7. The van der Waals surface area contributed by atoms with Gasteiger partial charge in [0.05, 0.1) is 0 Å². The molecule has 4 N–H and O–H groups in total. The summed E-state index contributed by atoms with van der Waals surface area (Å²) in [6.45, 7) is 4.19. The molecular formula is C12H19N3O2. The Morgan fingerprint density at radius 3 is 2.88 bits per heavy atom. The van der Waals surface area contributed by atoms with Crippen molar-refractivity contribution in [2.75, 3.05) is 6.54 Å². The van der Waals surface area contributed by atoms with Gasteiger partial charge in [0.15, 0.2) is 5.43 Å². The molecule has 1 heterocycles. The molecule has 1 rings (SSSR count). The molecule has 0 bridgehead atoms. The first-order chi connectivity index (χ1) is 8.04. The zero-order valence-electron chi connectivity index (χ0n) is 10.2. The maximum Gasteiger partial charge on any atom is 0.256 e. The normalized spacial score (nSPS) is 12.2. The van der Waals surface area contributed by atoms with Gasteiger partial charge in [-0.15, -0.1) is 0 Å². The number of nitrogens with two attached hydrogens (primary N) is 1. The number of amides is 1. The van der Waals surface area contributed by atoms with E-state index in [2.05, 4.69) is 10.3 Å². The van der Waals surface area contributed by atoms with E-state index in [0.29, 0.717) is 6.54 Å². The molecule has 0 aliphatic heterocycles. The maximum absolute atomic E-state index is 11.7. The number of aromatic amines is 1. The minimum atomic E-state index is -0.377. The highest BCUT2D eigenvalue weighted by molar-refractivity contribution is 5.93. The summed E-state index contributed by atoms with van der Waals surface area (Å²) in [5.41, 5.74) is 6.35. The summed E-state index contributed by atoms with van der Waals surface area (Å²) in [6, 6.07) is 1.34. The van der Waals surface area contributed by atoms with Crippen molar-refractivity contribution in [3.63, 3.8) is 0 Å². The average Bonchev–Trinajstić information content (AvgIpc) is 2.26. The number of aromatic nitrogens is 1. The first-order valence-electron chi connectivity index (χ1n) is 5.77. The summed E-state index contributed by atoms with van der Waals surface area (Å²) < 4.78 is 0. The SMILES string of the molecule is CCCC(N)CNC(=O)c1c[nH]c(C)cc1=O. The van der Waals surface area contributed by atoms with Crippen LogP contribution in [0.5, 0.6) is 0 Å². The lowest BCUT2D eigenvalue weighted by Gasteiger charge is -2.11. The van der Waals surface area contributed by atoms with Crippen LogP contribution in [0.25, 0.3) is 0 Å². The number of pyridine rings is 1. The van der Waals surface area contributed by atoms with E-state index >= 15 is 0 Å². The number of carbonyl (C=O) groups excluding carboxylic acids is 1. The van der Waals surface area contributed by atoms with E-state index in [-0.39, 0.29) is 22.9 Å². The molecule has 0 fully saturated rings. The summed E-state index contributed by atoms with van der Waals surface area (Å²) in [4.78, 5) is 26.1. The lowest BCUT2D eigenvalue weighted by Crippen LogP contribution is -2.38. The van der Waals surface area contributed by atoms with E-state index < -0.39 is 0 Å². The Morgan fingerprint density at radius 2 is 2.29 bits per heavy atom. The molecule has 0 saturated carbocycles. The summed E-state index contributed by atoms with van der Waals surface area (Å²) in [5, 5.41) is 2.66. The Labute approximate surface area is 100 Å². The number of carbonyl (C=O) groups is 1. The first-order valence-corrected chi connectivity index (χ1v) is 5.77. The summed E-state index contributed by atoms with van der Waals surface area (Å²) in [5.74, 6) is -0.377. The van der Waals surface area contributed by atoms with E-state index in [0.717, 1.165) is 18.5 Å². The smallest absolute Gasteiger partial charge is 0.256 e. The largest absolute Gasteiger partial charge is 0.364 e. The van der Waals surface area contributed by atoms with Gasteiger partial charge in [-0.05, 0) is 13.3 Å². The van der Waals surface area contributed by atoms with Gasteiger partial charge in [0.25, 0.3) is 5.91 Å². The summed E-state index contributed by atoms with van der Waals surface area (Å²) in [7, 11) is 0.